The summed E-state index contributed by atoms with van der Waals surface area (Å²) < 4.78 is 15.5. The molecule has 0 aliphatic heterocycles. The Bertz CT molecular complexity index is 1220. The van der Waals surface area contributed by atoms with Gasteiger partial charge in [-0.25, -0.2) is 24.4 Å². The molecule has 2 heterocycles. The zero-order chi connectivity index (χ0) is 25.6. The number of rotatable bonds is 8. The Hall–Kier alpha value is -4.99. The summed E-state index contributed by atoms with van der Waals surface area (Å²) >= 11 is 0. The molecule has 0 atom stereocenters. The lowest BCUT2D eigenvalue weighted by molar-refractivity contribution is -0.131. The Morgan fingerprint density at radius 1 is 0.943 bits per heavy atom. The number of esters is 3. The fourth-order valence-electron chi connectivity index (χ4n) is 2.14. The van der Waals surface area contributed by atoms with E-state index in [-0.39, 0.29) is 23.0 Å². The van der Waals surface area contributed by atoms with Gasteiger partial charge in [0.25, 0.3) is 0 Å². The van der Waals surface area contributed by atoms with E-state index in [1.165, 1.54) is 56.0 Å². The highest BCUT2D eigenvalue weighted by Crippen LogP contribution is 2.11. The average molecular weight is 474 g/mol. The van der Waals surface area contributed by atoms with Crippen LogP contribution in [0.4, 0.5) is 0 Å². The normalized spacial score (nSPS) is 12.1. The first-order chi connectivity index (χ1) is 16.8. The predicted molar refractivity (Wildman–Crippen MR) is 129 cm³/mol. The van der Waals surface area contributed by atoms with Gasteiger partial charge in [0.05, 0.1) is 12.4 Å². The van der Waals surface area contributed by atoms with E-state index >= 15 is 0 Å². The maximum Gasteiger partial charge on any atom is 0.381 e. The molecular weight excluding hydrogens is 452 g/mol. The SMILES string of the molecule is C=C/C(=C\C=C/C)OC(=O)C(C)=NC(=NC(=C)C(=O)Oc1cccnc1)C(=O)Oc1cccnc1. The summed E-state index contributed by atoms with van der Waals surface area (Å²) in [4.78, 5) is 52.9. The quantitative estimate of drug-likeness (QED) is 0.142. The molecule has 178 valence electrons. The van der Waals surface area contributed by atoms with Gasteiger partial charge >= 0.3 is 17.9 Å². The van der Waals surface area contributed by atoms with E-state index in [4.69, 9.17) is 14.2 Å². The molecule has 10 heteroatoms. The summed E-state index contributed by atoms with van der Waals surface area (Å²) in [6.45, 7) is 10.2. The van der Waals surface area contributed by atoms with Gasteiger partial charge in [-0.2, -0.15) is 0 Å². The number of hydrogen-bond donors (Lipinski definition) is 0. The molecule has 0 fully saturated rings. The maximum atomic E-state index is 12.7. The number of aliphatic imine (C=N–C) groups is 2. The van der Waals surface area contributed by atoms with E-state index in [2.05, 4.69) is 33.1 Å². The van der Waals surface area contributed by atoms with Crippen molar-refractivity contribution in [3.05, 3.63) is 98.0 Å². The van der Waals surface area contributed by atoms with Crippen molar-refractivity contribution in [2.24, 2.45) is 9.98 Å². The van der Waals surface area contributed by atoms with E-state index in [0.29, 0.717) is 0 Å². The van der Waals surface area contributed by atoms with Gasteiger partial charge in [-0.3, -0.25) is 9.97 Å². The van der Waals surface area contributed by atoms with Crippen LogP contribution in [0.15, 0.2) is 108 Å². The fourth-order valence-corrected chi connectivity index (χ4v) is 2.14. The summed E-state index contributed by atoms with van der Waals surface area (Å²) in [7, 11) is 0. The van der Waals surface area contributed by atoms with Gasteiger partial charge in [-0.15, -0.1) is 0 Å². The number of amidine groups is 1. The molecule has 0 aliphatic rings. The van der Waals surface area contributed by atoms with Crippen LogP contribution >= 0.6 is 0 Å². The minimum atomic E-state index is -1.08. The highest BCUT2D eigenvalue weighted by Gasteiger charge is 2.20. The molecule has 0 amide bonds. The van der Waals surface area contributed by atoms with Crippen LogP contribution in [0.5, 0.6) is 11.5 Å². The third kappa shape index (κ3) is 8.81. The van der Waals surface area contributed by atoms with E-state index in [0.717, 1.165) is 0 Å². The Morgan fingerprint density at radius 2 is 1.54 bits per heavy atom. The smallest absolute Gasteiger partial charge is 0.381 e. The number of ether oxygens (including phenoxy) is 3. The van der Waals surface area contributed by atoms with Crippen LogP contribution in [0.1, 0.15) is 13.8 Å². The van der Waals surface area contributed by atoms with Crippen molar-refractivity contribution in [3.8, 4) is 11.5 Å². The van der Waals surface area contributed by atoms with Gasteiger partial charge in [0.2, 0.25) is 5.84 Å². The summed E-state index contributed by atoms with van der Waals surface area (Å²) in [5.74, 6) is -3.19. The lowest BCUT2D eigenvalue weighted by Gasteiger charge is -2.07. The number of carbonyl (C=O) groups excluding carboxylic acids is 3. The molecule has 10 nitrogen and oxygen atoms in total. The van der Waals surface area contributed by atoms with Gasteiger partial charge < -0.3 is 14.2 Å². The van der Waals surface area contributed by atoms with Gasteiger partial charge in [-0.05, 0) is 50.3 Å². The monoisotopic (exact) mass is 474 g/mol. The first-order valence-corrected chi connectivity index (χ1v) is 10.1. The zero-order valence-corrected chi connectivity index (χ0v) is 19.1. The fraction of sp³-hybridized carbons (Fsp3) is 0.0800. The van der Waals surface area contributed by atoms with Crippen molar-refractivity contribution in [2.75, 3.05) is 0 Å². The molecule has 0 saturated heterocycles. The van der Waals surface area contributed by atoms with Crippen LogP contribution in [0, 0.1) is 0 Å². The third-order valence-electron chi connectivity index (χ3n) is 3.78. The largest absolute Gasteiger partial charge is 0.422 e. The van der Waals surface area contributed by atoms with Crippen LogP contribution in [0.2, 0.25) is 0 Å². The minimum Gasteiger partial charge on any atom is -0.422 e. The Labute approximate surface area is 201 Å². The molecule has 2 aromatic heterocycles. The molecule has 0 saturated carbocycles. The van der Waals surface area contributed by atoms with Crippen LogP contribution < -0.4 is 9.47 Å². The maximum absolute atomic E-state index is 12.7. The van der Waals surface area contributed by atoms with Crippen LogP contribution in [0.25, 0.3) is 0 Å². The molecule has 0 aromatic carbocycles. The second kappa shape index (κ2) is 13.5. The predicted octanol–water partition coefficient (Wildman–Crippen LogP) is 3.55. The lowest BCUT2D eigenvalue weighted by Crippen LogP contribution is -2.24. The van der Waals surface area contributed by atoms with Crippen LogP contribution in [-0.4, -0.2) is 39.4 Å². The minimum absolute atomic E-state index is 0.0902. The molecule has 0 bridgehead atoms. The molecule has 0 radical (unpaired) electrons. The van der Waals surface area contributed by atoms with Gasteiger partial charge in [0.15, 0.2) is 0 Å². The molecule has 0 aliphatic carbocycles. The number of carbonyl (C=O) groups is 3. The van der Waals surface area contributed by atoms with Crippen molar-refractivity contribution < 1.29 is 28.6 Å². The number of hydrogen-bond acceptors (Lipinski definition) is 9. The number of nitrogens with zero attached hydrogens (tertiary/aromatic N) is 4. The highest BCUT2D eigenvalue weighted by molar-refractivity contribution is 6.45. The topological polar surface area (TPSA) is 129 Å². The molecule has 0 N–H and O–H groups in total. The summed E-state index contributed by atoms with van der Waals surface area (Å²) in [5, 5.41) is 0. The molecule has 2 aromatic rings. The summed E-state index contributed by atoms with van der Waals surface area (Å²) in [6.07, 6.45) is 11.8. The van der Waals surface area contributed by atoms with Crippen LogP contribution in [0.3, 0.4) is 0 Å². The first-order valence-electron chi connectivity index (χ1n) is 10.1. The second-order valence-corrected chi connectivity index (χ2v) is 6.42. The lowest BCUT2D eigenvalue weighted by atomic mass is 10.3. The van der Waals surface area contributed by atoms with Crippen molar-refractivity contribution in [2.45, 2.75) is 13.8 Å². The molecule has 2 rings (SSSR count). The first kappa shape index (κ1) is 26.3. The van der Waals surface area contributed by atoms with E-state index in [9.17, 15) is 14.4 Å². The van der Waals surface area contributed by atoms with E-state index in [1.807, 2.05) is 0 Å². The van der Waals surface area contributed by atoms with Crippen molar-refractivity contribution in [3.63, 3.8) is 0 Å². The standard InChI is InChI=1S/C25H22N4O6/c1-5-7-10-19(6-2)33-23(30)17(3)28-22(25(32)35-21-12-9-14-27-16-21)29-18(4)24(31)34-20-11-8-13-26-15-20/h5-16H,2,4H2,1,3H3/b7-5-,19-10+,28-17?,29-22?. The number of pyridine rings is 2. The van der Waals surface area contributed by atoms with Crippen molar-refractivity contribution in [1.29, 1.82) is 0 Å². The highest BCUT2D eigenvalue weighted by atomic mass is 16.5. The Balaban J connectivity index is 2.32. The van der Waals surface area contributed by atoms with Crippen LogP contribution in [-0.2, 0) is 19.1 Å². The van der Waals surface area contributed by atoms with Gasteiger partial charge in [-0.1, -0.05) is 25.3 Å². The molecule has 0 unspecified atom stereocenters. The van der Waals surface area contributed by atoms with Crippen molar-refractivity contribution in [1.82, 2.24) is 9.97 Å². The summed E-state index contributed by atoms with van der Waals surface area (Å²) in [5.41, 5.74) is -0.731. The average Bonchev–Trinajstić information content (AvgIpc) is 2.86. The zero-order valence-electron chi connectivity index (χ0n) is 19.1. The molecule has 35 heavy (non-hydrogen) atoms. The molecular formula is C25H22N4O6. The number of aromatic nitrogens is 2. The van der Waals surface area contributed by atoms with Gasteiger partial charge in [0.1, 0.15) is 28.7 Å². The van der Waals surface area contributed by atoms with E-state index in [1.54, 1.807) is 31.2 Å². The summed E-state index contributed by atoms with van der Waals surface area (Å²) in [6, 6.07) is 6.08. The Kier molecular flexibility index (Phi) is 10.2. The van der Waals surface area contributed by atoms with E-state index < -0.39 is 29.4 Å². The van der Waals surface area contributed by atoms with Gasteiger partial charge in [0, 0.05) is 12.4 Å². The van der Waals surface area contributed by atoms with Crippen molar-refractivity contribution >= 4 is 29.5 Å². The third-order valence-corrected chi connectivity index (χ3v) is 3.78. The molecule has 0 spiro atoms. The Morgan fingerprint density at radius 3 is 2.06 bits per heavy atom. The second-order valence-electron chi connectivity index (χ2n) is 6.42. The number of allylic oxidation sites excluding steroid dienone is 4.